The molecule has 4 aliphatic carbocycles. The van der Waals surface area contributed by atoms with Gasteiger partial charge in [-0.1, -0.05) is 53.2 Å². The lowest BCUT2D eigenvalue weighted by molar-refractivity contribution is -0.131. The average molecular weight is 475 g/mol. The van der Waals surface area contributed by atoms with Gasteiger partial charge in [0, 0.05) is 0 Å². The van der Waals surface area contributed by atoms with E-state index in [1.807, 2.05) is 0 Å². The first-order valence-electron chi connectivity index (χ1n) is 14.0. The second-order valence-electron chi connectivity index (χ2n) is 14.8. The van der Waals surface area contributed by atoms with Gasteiger partial charge in [0.25, 0.3) is 0 Å². The minimum atomic E-state index is -1.13. The molecule has 5 rings (SSSR count). The summed E-state index contributed by atoms with van der Waals surface area (Å²) in [7, 11) is 0. The maximum atomic E-state index is 10.8. The summed E-state index contributed by atoms with van der Waals surface area (Å²) in [5, 5.41) is 31.7. The van der Waals surface area contributed by atoms with Gasteiger partial charge in [0.2, 0.25) is 0 Å². The molecule has 0 radical (unpaired) electrons. The minimum Gasteiger partial charge on any atom is -0.393 e. The second kappa shape index (κ2) is 7.55. The lowest BCUT2D eigenvalue weighted by atomic mass is 9.41. The molecule has 1 heterocycles. The molecule has 11 atom stereocenters. The summed E-state index contributed by atoms with van der Waals surface area (Å²) >= 11 is 0. The van der Waals surface area contributed by atoms with E-state index in [-0.39, 0.29) is 40.0 Å². The maximum absolute atomic E-state index is 10.8. The van der Waals surface area contributed by atoms with Crippen LogP contribution in [0.3, 0.4) is 0 Å². The van der Waals surface area contributed by atoms with Gasteiger partial charge < -0.3 is 20.1 Å². The summed E-state index contributed by atoms with van der Waals surface area (Å²) in [5.74, 6) is 2.12. The van der Waals surface area contributed by atoms with Crippen LogP contribution in [0.2, 0.25) is 0 Å². The van der Waals surface area contributed by atoms with Crippen molar-refractivity contribution >= 4 is 0 Å². The second-order valence-corrected chi connectivity index (χ2v) is 14.8. The number of aliphatic hydroxyl groups is 3. The van der Waals surface area contributed by atoms with E-state index in [1.54, 1.807) is 19.4 Å². The average Bonchev–Trinajstić information content (AvgIpc) is 3.48. The fourth-order valence-corrected chi connectivity index (χ4v) is 10.0. The first-order valence-corrected chi connectivity index (χ1v) is 14.0. The van der Waals surface area contributed by atoms with Crippen LogP contribution in [-0.2, 0) is 4.74 Å². The molecular weight excluding hydrogens is 424 g/mol. The number of allylic oxidation sites excluding steroid dienone is 2. The summed E-state index contributed by atoms with van der Waals surface area (Å²) < 4.78 is 6.02. The van der Waals surface area contributed by atoms with E-state index in [4.69, 9.17) is 4.74 Å². The Balaban J connectivity index is 1.41. The van der Waals surface area contributed by atoms with E-state index >= 15 is 0 Å². The van der Waals surface area contributed by atoms with Crippen molar-refractivity contribution < 1.29 is 20.1 Å². The number of fused-ring (bicyclic) bond motifs is 5. The lowest BCUT2D eigenvalue weighted by Crippen LogP contribution is -2.58. The van der Waals surface area contributed by atoms with Gasteiger partial charge in [-0.25, -0.2) is 0 Å². The monoisotopic (exact) mass is 474 g/mol. The molecule has 34 heavy (non-hydrogen) atoms. The Morgan fingerprint density at radius 2 is 1.68 bits per heavy atom. The predicted octanol–water partition coefficient (Wildman–Crippen LogP) is 5.49. The topological polar surface area (TPSA) is 73.2 Å². The highest BCUT2D eigenvalue weighted by molar-refractivity contribution is 5.33. The first-order chi connectivity index (χ1) is 15.6. The molecule has 4 heteroatoms. The Morgan fingerprint density at radius 1 is 1.00 bits per heavy atom. The van der Waals surface area contributed by atoms with Gasteiger partial charge in [-0.3, -0.25) is 0 Å². The Morgan fingerprint density at radius 3 is 2.32 bits per heavy atom. The van der Waals surface area contributed by atoms with Gasteiger partial charge >= 0.3 is 0 Å². The molecule has 0 spiro atoms. The molecule has 0 bridgehead atoms. The van der Waals surface area contributed by atoms with E-state index in [2.05, 4.69) is 47.6 Å². The van der Waals surface area contributed by atoms with Crippen LogP contribution in [0, 0.1) is 45.3 Å². The van der Waals surface area contributed by atoms with E-state index < -0.39 is 11.7 Å². The van der Waals surface area contributed by atoms with E-state index in [9.17, 15) is 15.3 Å². The number of rotatable bonds is 4. The summed E-state index contributed by atoms with van der Waals surface area (Å²) in [6, 6.07) is 0. The maximum Gasteiger partial charge on any atom is 0.113 e. The van der Waals surface area contributed by atoms with Crippen molar-refractivity contribution in [2.75, 3.05) is 0 Å². The van der Waals surface area contributed by atoms with E-state index in [1.165, 1.54) is 25.7 Å². The fourth-order valence-electron chi connectivity index (χ4n) is 10.0. The van der Waals surface area contributed by atoms with Crippen molar-refractivity contribution in [3.05, 3.63) is 11.6 Å². The zero-order chi connectivity index (χ0) is 25.1. The van der Waals surface area contributed by atoms with Crippen molar-refractivity contribution in [2.24, 2.45) is 45.3 Å². The van der Waals surface area contributed by atoms with Crippen molar-refractivity contribution in [2.45, 2.75) is 130 Å². The van der Waals surface area contributed by atoms with Crippen LogP contribution in [0.5, 0.6) is 0 Å². The highest BCUT2D eigenvalue weighted by Crippen LogP contribution is 2.73. The number of hydrogen-bond donors (Lipinski definition) is 3. The third kappa shape index (κ3) is 3.23. The van der Waals surface area contributed by atoms with Crippen LogP contribution in [-0.4, -0.2) is 45.3 Å². The summed E-state index contributed by atoms with van der Waals surface area (Å²) in [6.45, 7) is 17.9. The molecule has 194 valence electrons. The molecule has 1 saturated heterocycles. The molecular formula is C30H50O4. The van der Waals surface area contributed by atoms with Gasteiger partial charge in [-0.05, 0) is 104 Å². The third-order valence-corrected chi connectivity index (χ3v) is 12.6. The number of hydrogen-bond acceptors (Lipinski definition) is 4. The van der Waals surface area contributed by atoms with E-state index in [0.29, 0.717) is 23.7 Å². The Bertz CT molecular complexity index is 856. The standard InChI is InChI=1S/C30H50O4/c1-17(23-24(34-23)25(32)27(4,5)33)18-11-15-30(8)20-9-10-21-26(2,3)22(31)13-14-28(21,6)19(20)12-16-29(18,30)7/h9,17-19,21-25,31-33H,10-16H2,1-8H3/t17-,18+,19+,21+,22-,23+,24+,25?,28-,29+,30-/m1/s1. The first kappa shape index (κ1) is 25.2. The summed E-state index contributed by atoms with van der Waals surface area (Å²) in [6.07, 6.45) is 9.53. The largest absolute Gasteiger partial charge is 0.393 e. The highest BCUT2D eigenvalue weighted by atomic mass is 16.6. The van der Waals surface area contributed by atoms with Crippen molar-refractivity contribution in [1.29, 1.82) is 0 Å². The normalized spacial score (nSPS) is 51.6. The van der Waals surface area contributed by atoms with Crippen LogP contribution in [0.4, 0.5) is 0 Å². The Hall–Kier alpha value is -0.420. The van der Waals surface area contributed by atoms with E-state index in [0.717, 1.165) is 19.3 Å². The van der Waals surface area contributed by atoms with Gasteiger partial charge in [0.15, 0.2) is 0 Å². The number of epoxide rings is 1. The van der Waals surface area contributed by atoms with Crippen molar-refractivity contribution in [1.82, 2.24) is 0 Å². The SMILES string of the molecule is C[C@@H]([C@@H]1O[C@@H]1C(O)C(C)(C)O)[C@@H]1CC[C@]2(C)C3=CC[C@H]4C(C)(C)[C@H](O)CC[C@]4(C)[C@H]3CC[C@@]12C. The van der Waals surface area contributed by atoms with Crippen molar-refractivity contribution in [3.63, 3.8) is 0 Å². The molecule has 0 aromatic heterocycles. The zero-order valence-corrected chi connectivity index (χ0v) is 22.9. The van der Waals surface area contributed by atoms with Crippen LogP contribution in [0.15, 0.2) is 11.6 Å². The van der Waals surface area contributed by atoms with Crippen LogP contribution < -0.4 is 0 Å². The van der Waals surface area contributed by atoms with Gasteiger partial charge in [0.1, 0.15) is 12.2 Å². The third-order valence-electron chi connectivity index (χ3n) is 12.6. The molecule has 0 amide bonds. The van der Waals surface area contributed by atoms with Crippen molar-refractivity contribution in [3.8, 4) is 0 Å². The quantitative estimate of drug-likeness (QED) is 0.372. The Labute approximate surface area is 207 Å². The Kier molecular flexibility index (Phi) is 5.61. The van der Waals surface area contributed by atoms with Gasteiger partial charge in [-0.15, -0.1) is 0 Å². The van der Waals surface area contributed by atoms with Crippen LogP contribution in [0.25, 0.3) is 0 Å². The number of ether oxygens (including phenoxy) is 1. The van der Waals surface area contributed by atoms with Crippen LogP contribution >= 0.6 is 0 Å². The minimum absolute atomic E-state index is 0.0247. The zero-order valence-electron chi connectivity index (χ0n) is 22.9. The summed E-state index contributed by atoms with van der Waals surface area (Å²) in [4.78, 5) is 0. The molecule has 1 aliphatic heterocycles. The lowest BCUT2D eigenvalue weighted by Gasteiger charge is -2.64. The van der Waals surface area contributed by atoms with Gasteiger partial charge in [-0.2, -0.15) is 0 Å². The molecule has 3 N–H and O–H groups in total. The molecule has 4 fully saturated rings. The fraction of sp³-hybridized carbons (Fsp3) is 0.933. The summed E-state index contributed by atoms with van der Waals surface area (Å²) in [5.41, 5.74) is 1.29. The molecule has 5 aliphatic rings. The molecule has 1 unspecified atom stereocenters. The highest BCUT2D eigenvalue weighted by Gasteiger charge is 2.67. The van der Waals surface area contributed by atoms with Crippen LogP contribution in [0.1, 0.15) is 100 Å². The molecule has 0 aromatic carbocycles. The molecule has 4 nitrogen and oxygen atoms in total. The smallest absolute Gasteiger partial charge is 0.113 e. The van der Waals surface area contributed by atoms with Gasteiger partial charge in [0.05, 0.1) is 17.8 Å². The molecule has 0 aromatic rings. The number of aliphatic hydroxyl groups excluding tert-OH is 2. The molecule has 3 saturated carbocycles. The predicted molar refractivity (Wildman–Crippen MR) is 135 cm³/mol.